The summed E-state index contributed by atoms with van der Waals surface area (Å²) in [7, 11) is 0. The molecule has 23 heavy (non-hydrogen) atoms. The van der Waals surface area contributed by atoms with Crippen molar-refractivity contribution >= 4 is 5.97 Å². The van der Waals surface area contributed by atoms with Gasteiger partial charge in [-0.15, -0.1) is 0 Å². The summed E-state index contributed by atoms with van der Waals surface area (Å²) in [6.45, 7) is 1.44. The fraction of sp³-hybridized carbons (Fsp3) is 0.533. The molecule has 1 aromatic rings. The third-order valence-corrected chi connectivity index (χ3v) is 3.84. The summed E-state index contributed by atoms with van der Waals surface area (Å²) in [5.41, 5.74) is 0.470. The molecule has 2 rings (SSSR count). The van der Waals surface area contributed by atoms with Gasteiger partial charge in [0, 0.05) is 19.6 Å². The Labute approximate surface area is 130 Å². The molecular formula is C15H17F4NO3. The molecule has 8 heteroatoms. The Balaban J connectivity index is 2.09. The lowest BCUT2D eigenvalue weighted by molar-refractivity contribution is -0.188. The molecule has 128 valence electrons. The number of carboxylic acid groups (broad SMARTS) is 1. The number of likely N-dealkylation sites (tertiary alicyclic amines) is 1. The number of rotatable bonds is 5. The van der Waals surface area contributed by atoms with Gasteiger partial charge in [-0.05, 0) is 24.6 Å². The molecule has 2 atom stereocenters. The van der Waals surface area contributed by atoms with Gasteiger partial charge in [-0.25, -0.2) is 4.39 Å². The Kier molecular flexibility index (Phi) is 5.13. The molecule has 0 aliphatic carbocycles. The molecule has 1 aliphatic heterocycles. The van der Waals surface area contributed by atoms with Gasteiger partial charge in [0.25, 0.3) is 0 Å². The predicted octanol–water partition coefficient (Wildman–Crippen LogP) is 2.92. The van der Waals surface area contributed by atoms with E-state index < -0.39 is 36.3 Å². The van der Waals surface area contributed by atoms with Crippen molar-refractivity contribution < 1.29 is 32.2 Å². The summed E-state index contributed by atoms with van der Waals surface area (Å²) in [6, 6.07) is 4.17. The molecule has 0 radical (unpaired) electrons. The Morgan fingerprint density at radius 3 is 2.57 bits per heavy atom. The van der Waals surface area contributed by atoms with E-state index in [-0.39, 0.29) is 18.8 Å². The fourth-order valence-electron chi connectivity index (χ4n) is 2.77. The number of nitrogens with zero attached hydrogens (tertiary/aromatic N) is 1. The molecule has 1 N–H and O–H groups in total. The highest BCUT2D eigenvalue weighted by Crippen LogP contribution is 2.38. The molecule has 0 aromatic heterocycles. The number of ether oxygens (including phenoxy) is 1. The molecule has 1 heterocycles. The summed E-state index contributed by atoms with van der Waals surface area (Å²) in [6.07, 6.45) is -4.57. The maximum Gasteiger partial charge on any atom is 0.393 e. The third kappa shape index (κ3) is 4.13. The van der Waals surface area contributed by atoms with E-state index in [2.05, 4.69) is 0 Å². The van der Waals surface area contributed by atoms with Gasteiger partial charge in [0.2, 0.25) is 0 Å². The second-order valence-electron chi connectivity index (χ2n) is 5.48. The molecule has 0 saturated carbocycles. The highest BCUT2D eigenvalue weighted by Gasteiger charge is 2.52. The van der Waals surface area contributed by atoms with E-state index in [9.17, 15) is 22.4 Å². The molecule has 0 amide bonds. The third-order valence-electron chi connectivity index (χ3n) is 3.84. The molecule has 0 unspecified atom stereocenters. The number of hydrogen-bond acceptors (Lipinski definition) is 3. The molecule has 1 aliphatic rings. The highest BCUT2D eigenvalue weighted by atomic mass is 19.4. The first-order valence-corrected chi connectivity index (χ1v) is 7.15. The van der Waals surface area contributed by atoms with Gasteiger partial charge in [0.1, 0.15) is 0 Å². The molecule has 1 fully saturated rings. The van der Waals surface area contributed by atoms with Crippen molar-refractivity contribution in [2.45, 2.75) is 19.6 Å². The minimum Gasteiger partial charge on any atom is -0.491 e. The lowest BCUT2D eigenvalue weighted by Crippen LogP contribution is -2.33. The van der Waals surface area contributed by atoms with Crippen LogP contribution in [-0.4, -0.2) is 41.8 Å². The van der Waals surface area contributed by atoms with Crippen LogP contribution in [0.4, 0.5) is 17.6 Å². The second kappa shape index (κ2) is 6.74. The number of aliphatic carboxylic acids is 1. The first-order chi connectivity index (χ1) is 10.7. The van der Waals surface area contributed by atoms with Crippen LogP contribution in [0.25, 0.3) is 0 Å². The van der Waals surface area contributed by atoms with Crippen molar-refractivity contribution in [3.05, 3.63) is 29.6 Å². The quantitative estimate of drug-likeness (QED) is 0.841. The van der Waals surface area contributed by atoms with Crippen LogP contribution < -0.4 is 4.74 Å². The summed E-state index contributed by atoms with van der Waals surface area (Å²) >= 11 is 0. The van der Waals surface area contributed by atoms with Crippen molar-refractivity contribution in [1.29, 1.82) is 0 Å². The lowest BCUT2D eigenvalue weighted by atomic mass is 9.96. The van der Waals surface area contributed by atoms with Crippen LogP contribution in [0.5, 0.6) is 5.75 Å². The minimum atomic E-state index is -4.57. The molecule has 4 nitrogen and oxygen atoms in total. The SMILES string of the molecule is CCOc1ccc(CN2C[C@@H](C(F)(F)F)[C@H](C(=O)O)C2)cc1F. The number of benzene rings is 1. The molecule has 1 aromatic carbocycles. The van der Waals surface area contributed by atoms with E-state index in [0.717, 1.165) is 0 Å². The van der Waals surface area contributed by atoms with Crippen LogP contribution in [0.15, 0.2) is 18.2 Å². The highest BCUT2D eigenvalue weighted by molar-refractivity contribution is 5.71. The lowest BCUT2D eigenvalue weighted by Gasteiger charge is -2.18. The summed E-state index contributed by atoms with van der Waals surface area (Å²) in [4.78, 5) is 12.4. The number of carbonyl (C=O) groups is 1. The van der Waals surface area contributed by atoms with Crippen molar-refractivity contribution in [1.82, 2.24) is 4.90 Å². The standard InChI is InChI=1S/C15H17F4NO3/c1-2-23-13-4-3-9(5-12(13)16)6-20-7-10(14(21)22)11(8-20)15(17,18)19/h3-5,10-11H,2,6-8H2,1H3,(H,21,22)/t10-,11-/m1/s1. The van der Waals surface area contributed by atoms with Gasteiger partial charge in [-0.3, -0.25) is 9.69 Å². The van der Waals surface area contributed by atoms with Crippen molar-refractivity contribution in [2.75, 3.05) is 19.7 Å². The van der Waals surface area contributed by atoms with Crippen LogP contribution in [-0.2, 0) is 11.3 Å². The smallest absolute Gasteiger partial charge is 0.393 e. The average molecular weight is 335 g/mol. The van der Waals surface area contributed by atoms with E-state index in [0.29, 0.717) is 12.2 Å². The minimum absolute atomic E-state index is 0.0552. The topological polar surface area (TPSA) is 49.8 Å². The molecule has 1 saturated heterocycles. The van der Waals surface area contributed by atoms with Gasteiger partial charge >= 0.3 is 12.1 Å². The Morgan fingerprint density at radius 2 is 2.09 bits per heavy atom. The van der Waals surface area contributed by atoms with Gasteiger partial charge in [-0.2, -0.15) is 13.2 Å². The van der Waals surface area contributed by atoms with Crippen molar-refractivity contribution in [3.63, 3.8) is 0 Å². The van der Waals surface area contributed by atoms with Gasteiger partial charge in [0.15, 0.2) is 11.6 Å². The zero-order valence-electron chi connectivity index (χ0n) is 12.4. The Hall–Kier alpha value is -1.83. The van der Waals surface area contributed by atoms with Crippen LogP contribution in [0.2, 0.25) is 0 Å². The van der Waals surface area contributed by atoms with Crippen LogP contribution in [0.3, 0.4) is 0 Å². The Morgan fingerprint density at radius 1 is 1.39 bits per heavy atom. The van der Waals surface area contributed by atoms with Crippen LogP contribution in [0, 0.1) is 17.7 Å². The maximum atomic E-state index is 13.8. The average Bonchev–Trinajstić information content (AvgIpc) is 2.86. The molecule has 0 spiro atoms. The largest absolute Gasteiger partial charge is 0.491 e. The zero-order valence-corrected chi connectivity index (χ0v) is 12.4. The summed E-state index contributed by atoms with van der Waals surface area (Å²) in [5, 5.41) is 8.97. The number of carboxylic acids is 1. The Bertz CT molecular complexity index is 576. The van der Waals surface area contributed by atoms with E-state index in [1.165, 1.54) is 17.0 Å². The van der Waals surface area contributed by atoms with Gasteiger partial charge < -0.3 is 9.84 Å². The first-order valence-electron chi connectivity index (χ1n) is 7.15. The maximum absolute atomic E-state index is 13.8. The van der Waals surface area contributed by atoms with E-state index >= 15 is 0 Å². The number of alkyl halides is 3. The summed E-state index contributed by atoms with van der Waals surface area (Å²) < 4.78 is 57.6. The van der Waals surface area contributed by atoms with Crippen LogP contribution >= 0.6 is 0 Å². The van der Waals surface area contributed by atoms with Crippen molar-refractivity contribution in [2.24, 2.45) is 11.8 Å². The fourth-order valence-corrected chi connectivity index (χ4v) is 2.77. The second-order valence-corrected chi connectivity index (χ2v) is 5.48. The van der Waals surface area contributed by atoms with E-state index in [1.807, 2.05) is 0 Å². The van der Waals surface area contributed by atoms with Crippen LogP contribution in [0.1, 0.15) is 12.5 Å². The first kappa shape index (κ1) is 17.5. The zero-order chi connectivity index (χ0) is 17.2. The predicted molar refractivity (Wildman–Crippen MR) is 73.5 cm³/mol. The van der Waals surface area contributed by atoms with Gasteiger partial charge in [-0.1, -0.05) is 6.07 Å². The number of halogens is 4. The van der Waals surface area contributed by atoms with E-state index in [1.54, 1.807) is 13.0 Å². The van der Waals surface area contributed by atoms with Gasteiger partial charge in [0.05, 0.1) is 18.4 Å². The normalized spacial score (nSPS) is 22.3. The molecular weight excluding hydrogens is 318 g/mol. The molecule has 0 bridgehead atoms. The summed E-state index contributed by atoms with van der Waals surface area (Å²) in [5.74, 6) is -5.39. The number of hydrogen-bond donors (Lipinski definition) is 1. The monoisotopic (exact) mass is 335 g/mol. The van der Waals surface area contributed by atoms with Crippen molar-refractivity contribution in [3.8, 4) is 5.75 Å². The van der Waals surface area contributed by atoms with E-state index in [4.69, 9.17) is 9.84 Å².